The van der Waals surface area contributed by atoms with Crippen LogP contribution in [0.3, 0.4) is 0 Å². The summed E-state index contributed by atoms with van der Waals surface area (Å²) in [5.41, 5.74) is 12.7. The molecule has 0 bridgehead atoms. The van der Waals surface area contributed by atoms with Gasteiger partial charge in [-0.15, -0.1) is 0 Å². The average Bonchev–Trinajstić information content (AvgIpc) is 3.71. The van der Waals surface area contributed by atoms with Crippen molar-refractivity contribution in [3.8, 4) is 33.6 Å². The van der Waals surface area contributed by atoms with Crippen molar-refractivity contribution >= 4 is 55.2 Å². The minimum absolute atomic E-state index is 0.862. The molecule has 10 rings (SSSR count). The molecule has 0 spiro atoms. The highest BCUT2D eigenvalue weighted by atomic mass is 15.1. The summed E-state index contributed by atoms with van der Waals surface area (Å²) in [4.78, 5) is 20.3. The Hall–Kier alpha value is -6.40. The van der Waals surface area contributed by atoms with E-state index in [9.17, 15) is 0 Å². The van der Waals surface area contributed by atoms with Crippen LogP contribution < -0.4 is 0 Å². The number of para-hydroxylation sites is 1. The van der Waals surface area contributed by atoms with Crippen LogP contribution in [0, 0.1) is 0 Å². The number of fused-ring (bicyclic) bond motifs is 10. The van der Waals surface area contributed by atoms with Crippen molar-refractivity contribution in [3.63, 3.8) is 0 Å². The third-order valence-corrected chi connectivity index (χ3v) is 8.93. The van der Waals surface area contributed by atoms with Crippen molar-refractivity contribution in [3.05, 3.63) is 146 Å². The summed E-state index contributed by atoms with van der Waals surface area (Å²) in [5.74, 6) is 0. The second-order valence-corrected chi connectivity index (χ2v) is 11.6. The van der Waals surface area contributed by atoms with E-state index in [1.807, 2.05) is 54.7 Å². The lowest BCUT2D eigenvalue weighted by atomic mass is 9.97. The Labute approximate surface area is 262 Å². The Morgan fingerprint density at radius 3 is 1.89 bits per heavy atom. The van der Waals surface area contributed by atoms with Crippen LogP contribution in [0.5, 0.6) is 0 Å². The summed E-state index contributed by atoms with van der Waals surface area (Å²) < 4.78 is 4.20. The third-order valence-electron chi connectivity index (χ3n) is 8.93. The molecule has 0 saturated carbocycles. The van der Waals surface area contributed by atoms with Gasteiger partial charge in [-0.2, -0.15) is 0 Å². The molecule has 0 radical (unpaired) electrons. The molecule has 4 aromatic carbocycles. The van der Waals surface area contributed by atoms with Crippen molar-refractivity contribution in [1.29, 1.82) is 0 Å². The Morgan fingerprint density at radius 2 is 1.04 bits per heavy atom. The second-order valence-electron chi connectivity index (χ2n) is 11.6. The fraction of sp³-hybridized carbons (Fsp3) is 0. The van der Waals surface area contributed by atoms with Gasteiger partial charge in [-0.25, -0.2) is 19.9 Å². The molecule has 0 unspecified atom stereocenters. The molecule has 0 fully saturated rings. The molecule has 214 valence electrons. The highest BCUT2D eigenvalue weighted by molar-refractivity contribution is 6.10. The van der Waals surface area contributed by atoms with Gasteiger partial charge in [0.1, 0.15) is 22.3 Å². The Kier molecular flexibility index (Phi) is 5.19. The van der Waals surface area contributed by atoms with Gasteiger partial charge in [0.25, 0.3) is 0 Å². The maximum absolute atomic E-state index is 5.21. The summed E-state index contributed by atoms with van der Waals surface area (Å²) in [6, 6.07) is 46.1. The topological polar surface area (TPSA) is 60.4 Å². The fourth-order valence-corrected chi connectivity index (χ4v) is 6.78. The highest BCUT2D eigenvalue weighted by Crippen LogP contribution is 2.36. The Balaban J connectivity index is 1.11. The molecule has 6 heterocycles. The molecule has 0 saturated heterocycles. The standard InChI is InChI=1S/C40H24N6/c1-2-13-30-29(12-1)35(44-40-38(30)43-34-17-6-8-23-46(34)40)28-11-9-10-27(24-28)25-18-20-26(21-19-25)36-39-37(31-14-3-4-15-32(31)41-36)42-33-16-5-7-22-45(33)39/h1-24H. The van der Waals surface area contributed by atoms with E-state index in [0.717, 1.165) is 88.8 Å². The van der Waals surface area contributed by atoms with E-state index < -0.39 is 0 Å². The van der Waals surface area contributed by atoms with Gasteiger partial charge in [-0.3, -0.25) is 8.80 Å². The summed E-state index contributed by atoms with van der Waals surface area (Å²) in [7, 11) is 0. The second kappa shape index (κ2) is 9.55. The van der Waals surface area contributed by atoms with Gasteiger partial charge in [-0.1, -0.05) is 97.1 Å². The molecule has 6 aromatic heterocycles. The molecule has 6 heteroatoms. The van der Waals surface area contributed by atoms with Crippen molar-refractivity contribution in [2.75, 3.05) is 0 Å². The van der Waals surface area contributed by atoms with Crippen LogP contribution in [-0.4, -0.2) is 28.7 Å². The Morgan fingerprint density at radius 1 is 0.391 bits per heavy atom. The van der Waals surface area contributed by atoms with Crippen molar-refractivity contribution in [2.45, 2.75) is 0 Å². The number of benzene rings is 4. The van der Waals surface area contributed by atoms with Gasteiger partial charge in [0.05, 0.1) is 22.4 Å². The summed E-state index contributed by atoms with van der Waals surface area (Å²) in [5, 5.41) is 3.24. The van der Waals surface area contributed by atoms with Gasteiger partial charge < -0.3 is 0 Å². The normalized spacial score (nSPS) is 11.9. The molecule has 0 amide bonds. The first-order valence-corrected chi connectivity index (χ1v) is 15.3. The van der Waals surface area contributed by atoms with Crippen LogP contribution in [-0.2, 0) is 0 Å². The van der Waals surface area contributed by atoms with Crippen molar-refractivity contribution < 1.29 is 0 Å². The molecule has 0 aliphatic rings. The minimum atomic E-state index is 0.862. The average molecular weight is 589 g/mol. The molecule has 0 aliphatic carbocycles. The van der Waals surface area contributed by atoms with Crippen LogP contribution in [0.2, 0.25) is 0 Å². The van der Waals surface area contributed by atoms with Crippen LogP contribution in [0.4, 0.5) is 0 Å². The third kappa shape index (κ3) is 3.64. The predicted octanol–water partition coefficient (Wildman–Crippen LogP) is 9.39. The number of hydrogen-bond acceptors (Lipinski definition) is 4. The number of nitrogens with zero attached hydrogens (tertiary/aromatic N) is 6. The van der Waals surface area contributed by atoms with E-state index in [0.29, 0.717) is 0 Å². The summed E-state index contributed by atoms with van der Waals surface area (Å²) >= 11 is 0. The molecule has 0 atom stereocenters. The molecule has 0 aliphatic heterocycles. The van der Waals surface area contributed by atoms with E-state index in [1.54, 1.807) is 0 Å². The largest absolute Gasteiger partial charge is 0.298 e. The van der Waals surface area contributed by atoms with Gasteiger partial charge in [-0.05, 0) is 47.5 Å². The zero-order valence-corrected chi connectivity index (χ0v) is 24.5. The Bertz CT molecular complexity index is 2810. The number of imidazole rings is 2. The maximum Gasteiger partial charge on any atom is 0.165 e. The number of aromatic nitrogens is 6. The number of pyridine rings is 4. The highest BCUT2D eigenvalue weighted by Gasteiger charge is 2.17. The maximum atomic E-state index is 5.21. The summed E-state index contributed by atoms with van der Waals surface area (Å²) in [6.45, 7) is 0. The van der Waals surface area contributed by atoms with Crippen LogP contribution in [0.1, 0.15) is 0 Å². The van der Waals surface area contributed by atoms with E-state index in [1.165, 1.54) is 0 Å². The molecular formula is C40H24N6. The first-order valence-electron chi connectivity index (χ1n) is 15.3. The first-order chi connectivity index (χ1) is 22.8. The zero-order valence-electron chi connectivity index (χ0n) is 24.5. The summed E-state index contributed by atoms with van der Waals surface area (Å²) in [6.07, 6.45) is 4.09. The lowest BCUT2D eigenvalue weighted by Crippen LogP contribution is -1.93. The zero-order chi connectivity index (χ0) is 30.2. The van der Waals surface area contributed by atoms with Crippen LogP contribution in [0.25, 0.3) is 88.8 Å². The fourth-order valence-electron chi connectivity index (χ4n) is 6.78. The minimum Gasteiger partial charge on any atom is -0.298 e. The van der Waals surface area contributed by atoms with E-state index in [-0.39, 0.29) is 0 Å². The number of hydrogen-bond donors (Lipinski definition) is 0. The first kappa shape index (κ1) is 25.0. The molecule has 6 nitrogen and oxygen atoms in total. The van der Waals surface area contributed by atoms with Gasteiger partial charge in [0.2, 0.25) is 0 Å². The lowest BCUT2D eigenvalue weighted by molar-refractivity contribution is 1.19. The quantitative estimate of drug-likeness (QED) is 0.206. The van der Waals surface area contributed by atoms with Crippen LogP contribution in [0.15, 0.2) is 146 Å². The van der Waals surface area contributed by atoms with E-state index in [4.69, 9.17) is 19.9 Å². The molecule has 46 heavy (non-hydrogen) atoms. The van der Waals surface area contributed by atoms with Crippen molar-refractivity contribution in [2.24, 2.45) is 0 Å². The van der Waals surface area contributed by atoms with Gasteiger partial charge in [0, 0.05) is 39.7 Å². The van der Waals surface area contributed by atoms with E-state index in [2.05, 4.69) is 99.9 Å². The van der Waals surface area contributed by atoms with E-state index >= 15 is 0 Å². The van der Waals surface area contributed by atoms with Crippen LogP contribution >= 0.6 is 0 Å². The van der Waals surface area contributed by atoms with Gasteiger partial charge in [0.15, 0.2) is 5.65 Å². The number of rotatable bonds is 3. The molecule has 0 N–H and O–H groups in total. The monoisotopic (exact) mass is 588 g/mol. The lowest BCUT2D eigenvalue weighted by Gasteiger charge is -2.11. The van der Waals surface area contributed by atoms with Gasteiger partial charge >= 0.3 is 0 Å². The SMILES string of the molecule is c1cc(-c2ccc(-c3nc4ccccc4c4nc5ccccn5c34)cc2)cc(-c2nc3c(nc4ccccn43)c3ccccc23)c1. The smallest absolute Gasteiger partial charge is 0.165 e. The molecular weight excluding hydrogens is 564 g/mol. The van der Waals surface area contributed by atoms with Crippen molar-refractivity contribution in [1.82, 2.24) is 28.7 Å². The predicted molar refractivity (Wildman–Crippen MR) is 186 cm³/mol. The molecule has 10 aromatic rings.